The molecule has 2 rings (SSSR count). The van der Waals surface area contributed by atoms with Crippen molar-refractivity contribution in [3.8, 4) is 5.75 Å². The Morgan fingerprint density at radius 3 is 3.08 bits per heavy atom. The van der Waals surface area contributed by atoms with Gasteiger partial charge in [0.1, 0.15) is 5.75 Å². The summed E-state index contributed by atoms with van der Waals surface area (Å²) in [5, 5.41) is 3.39. The molecular weight excluding hydrogens is 168 g/mol. The molecule has 62 valence electrons. The molecule has 0 N–H and O–H groups in total. The average molecular weight is 178 g/mol. The van der Waals surface area contributed by atoms with E-state index >= 15 is 0 Å². The van der Waals surface area contributed by atoms with Gasteiger partial charge in [0.25, 0.3) is 0 Å². The smallest absolute Gasteiger partial charge is 0.120 e. The van der Waals surface area contributed by atoms with E-state index in [-0.39, 0.29) is 0 Å². The minimum Gasteiger partial charge on any atom is -0.494 e. The van der Waals surface area contributed by atoms with Crippen molar-refractivity contribution in [3.63, 3.8) is 0 Å². The lowest BCUT2D eigenvalue weighted by Gasteiger charge is -2.01. The summed E-state index contributed by atoms with van der Waals surface area (Å²) in [5.41, 5.74) is 0. The van der Waals surface area contributed by atoms with Gasteiger partial charge in [-0.05, 0) is 42.0 Å². The second-order valence-corrected chi connectivity index (χ2v) is 3.50. The number of rotatable bonds is 2. The van der Waals surface area contributed by atoms with Crippen LogP contribution in [0.5, 0.6) is 5.75 Å². The number of fused-ring (bicyclic) bond motifs is 1. The largest absolute Gasteiger partial charge is 0.494 e. The van der Waals surface area contributed by atoms with E-state index < -0.39 is 0 Å². The molecule has 0 unspecified atom stereocenters. The van der Waals surface area contributed by atoms with Crippen LogP contribution >= 0.6 is 11.3 Å². The van der Waals surface area contributed by atoms with Crippen molar-refractivity contribution in [2.24, 2.45) is 0 Å². The SMILES string of the molecule is CCOc1ccc2ccsc2c1. The van der Waals surface area contributed by atoms with Crippen LogP contribution in [-0.4, -0.2) is 6.61 Å². The predicted molar refractivity (Wildman–Crippen MR) is 53.0 cm³/mol. The average Bonchev–Trinajstić information content (AvgIpc) is 2.51. The van der Waals surface area contributed by atoms with Crippen molar-refractivity contribution in [3.05, 3.63) is 29.6 Å². The molecule has 0 radical (unpaired) electrons. The molecule has 2 heteroatoms. The molecule has 1 aromatic carbocycles. The molecule has 0 saturated heterocycles. The Morgan fingerprint density at radius 2 is 2.25 bits per heavy atom. The molecule has 0 amide bonds. The molecule has 0 atom stereocenters. The molecule has 0 spiro atoms. The fourth-order valence-corrected chi connectivity index (χ4v) is 2.01. The topological polar surface area (TPSA) is 9.23 Å². The van der Waals surface area contributed by atoms with E-state index in [2.05, 4.69) is 23.6 Å². The van der Waals surface area contributed by atoms with Gasteiger partial charge in [-0.15, -0.1) is 11.3 Å². The van der Waals surface area contributed by atoms with Crippen LogP contribution in [0.25, 0.3) is 10.1 Å². The van der Waals surface area contributed by atoms with Crippen molar-refractivity contribution < 1.29 is 4.74 Å². The number of ether oxygens (including phenoxy) is 1. The van der Waals surface area contributed by atoms with E-state index in [1.165, 1.54) is 10.1 Å². The Kier molecular flexibility index (Phi) is 2.00. The van der Waals surface area contributed by atoms with Gasteiger partial charge in [0.2, 0.25) is 0 Å². The Hall–Kier alpha value is -1.02. The van der Waals surface area contributed by atoms with Crippen molar-refractivity contribution in [2.45, 2.75) is 6.92 Å². The molecule has 0 saturated carbocycles. The van der Waals surface area contributed by atoms with Crippen LogP contribution in [0, 0.1) is 0 Å². The van der Waals surface area contributed by atoms with Gasteiger partial charge in [-0.25, -0.2) is 0 Å². The quantitative estimate of drug-likeness (QED) is 0.685. The zero-order valence-electron chi connectivity index (χ0n) is 6.91. The summed E-state index contributed by atoms with van der Waals surface area (Å²) >= 11 is 1.75. The van der Waals surface area contributed by atoms with E-state index in [9.17, 15) is 0 Å². The van der Waals surface area contributed by atoms with Crippen molar-refractivity contribution >= 4 is 21.4 Å². The second-order valence-electron chi connectivity index (χ2n) is 2.55. The van der Waals surface area contributed by atoms with E-state index in [0.717, 1.165) is 12.4 Å². The number of hydrogen-bond donors (Lipinski definition) is 0. The Morgan fingerprint density at radius 1 is 1.33 bits per heavy atom. The molecule has 0 aliphatic carbocycles. The monoisotopic (exact) mass is 178 g/mol. The van der Waals surface area contributed by atoms with Gasteiger partial charge < -0.3 is 4.74 Å². The normalized spacial score (nSPS) is 10.4. The maximum atomic E-state index is 5.39. The molecule has 1 aromatic heterocycles. The first-order chi connectivity index (χ1) is 5.90. The predicted octanol–water partition coefficient (Wildman–Crippen LogP) is 3.30. The van der Waals surface area contributed by atoms with Crippen molar-refractivity contribution in [2.75, 3.05) is 6.61 Å². The van der Waals surface area contributed by atoms with E-state index in [0.29, 0.717) is 0 Å². The molecule has 0 aliphatic rings. The molecular formula is C10H10OS. The zero-order chi connectivity index (χ0) is 8.39. The van der Waals surface area contributed by atoms with Crippen LogP contribution in [0.3, 0.4) is 0 Å². The highest BCUT2D eigenvalue weighted by Crippen LogP contribution is 2.25. The van der Waals surface area contributed by atoms with E-state index in [4.69, 9.17) is 4.74 Å². The van der Waals surface area contributed by atoms with Gasteiger partial charge in [0, 0.05) is 4.70 Å². The summed E-state index contributed by atoms with van der Waals surface area (Å²) in [7, 11) is 0. The third kappa shape index (κ3) is 1.30. The van der Waals surface area contributed by atoms with Gasteiger partial charge in [0.05, 0.1) is 6.61 Å². The lowest BCUT2D eigenvalue weighted by atomic mass is 10.2. The van der Waals surface area contributed by atoms with Crippen LogP contribution in [-0.2, 0) is 0 Å². The van der Waals surface area contributed by atoms with Crippen LogP contribution in [0.4, 0.5) is 0 Å². The van der Waals surface area contributed by atoms with E-state index in [1.807, 2.05) is 13.0 Å². The van der Waals surface area contributed by atoms with Gasteiger partial charge >= 0.3 is 0 Å². The molecule has 1 nitrogen and oxygen atoms in total. The van der Waals surface area contributed by atoms with Gasteiger partial charge in [-0.2, -0.15) is 0 Å². The van der Waals surface area contributed by atoms with E-state index in [1.54, 1.807) is 11.3 Å². The van der Waals surface area contributed by atoms with Crippen LogP contribution < -0.4 is 4.74 Å². The molecule has 0 aliphatic heterocycles. The Bertz CT molecular complexity index is 378. The Balaban J connectivity index is 2.46. The van der Waals surface area contributed by atoms with Crippen LogP contribution in [0.2, 0.25) is 0 Å². The lowest BCUT2D eigenvalue weighted by molar-refractivity contribution is 0.341. The highest BCUT2D eigenvalue weighted by atomic mass is 32.1. The number of hydrogen-bond acceptors (Lipinski definition) is 2. The first kappa shape index (κ1) is 7.62. The highest BCUT2D eigenvalue weighted by Gasteiger charge is 1.96. The summed E-state index contributed by atoms with van der Waals surface area (Å²) in [6.45, 7) is 2.73. The van der Waals surface area contributed by atoms with Crippen molar-refractivity contribution in [1.82, 2.24) is 0 Å². The molecule has 0 fully saturated rings. The molecule has 0 bridgehead atoms. The Labute approximate surface area is 75.6 Å². The van der Waals surface area contributed by atoms with Crippen LogP contribution in [0.15, 0.2) is 29.6 Å². The van der Waals surface area contributed by atoms with Gasteiger partial charge in [-0.1, -0.05) is 0 Å². The summed E-state index contributed by atoms with van der Waals surface area (Å²) in [6.07, 6.45) is 0. The summed E-state index contributed by atoms with van der Waals surface area (Å²) in [5.74, 6) is 0.965. The third-order valence-electron chi connectivity index (χ3n) is 1.74. The maximum Gasteiger partial charge on any atom is 0.120 e. The first-order valence-corrected chi connectivity index (χ1v) is 4.88. The number of thiophene rings is 1. The lowest BCUT2D eigenvalue weighted by Crippen LogP contribution is -1.89. The summed E-state index contributed by atoms with van der Waals surface area (Å²) in [6, 6.07) is 8.31. The van der Waals surface area contributed by atoms with Crippen molar-refractivity contribution in [1.29, 1.82) is 0 Å². The fourth-order valence-electron chi connectivity index (χ4n) is 1.19. The fraction of sp³-hybridized carbons (Fsp3) is 0.200. The minimum atomic E-state index is 0.733. The van der Waals surface area contributed by atoms with Gasteiger partial charge in [-0.3, -0.25) is 0 Å². The standard InChI is InChI=1S/C10H10OS/c1-2-11-9-4-3-8-5-6-12-10(8)7-9/h3-7H,2H2,1H3. The second kappa shape index (κ2) is 3.15. The van der Waals surface area contributed by atoms with Crippen LogP contribution in [0.1, 0.15) is 6.92 Å². The molecule has 12 heavy (non-hydrogen) atoms. The van der Waals surface area contributed by atoms with Gasteiger partial charge in [0.15, 0.2) is 0 Å². The summed E-state index contributed by atoms with van der Waals surface area (Å²) < 4.78 is 6.68. The number of benzene rings is 1. The first-order valence-electron chi connectivity index (χ1n) is 4.00. The third-order valence-corrected chi connectivity index (χ3v) is 2.62. The molecule has 1 heterocycles. The zero-order valence-corrected chi connectivity index (χ0v) is 7.73. The minimum absolute atomic E-state index is 0.733. The summed E-state index contributed by atoms with van der Waals surface area (Å²) in [4.78, 5) is 0. The molecule has 2 aromatic rings. The highest BCUT2D eigenvalue weighted by molar-refractivity contribution is 7.17. The maximum absolute atomic E-state index is 5.39.